The van der Waals surface area contributed by atoms with Gasteiger partial charge in [-0.05, 0) is 40.7 Å². The first-order valence-electron chi connectivity index (χ1n) is 12.1. The van der Waals surface area contributed by atoms with E-state index in [9.17, 15) is 49.8 Å². The molecule has 0 bridgehead atoms. The summed E-state index contributed by atoms with van der Waals surface area (Å²) < 4.78 is 109. The normalized spacial score (nSPS) is 19.5. The van der Waals surface area contributed by atoms with Crippen LogP contribution in [-0.2, 0) is 15.8 Å². The van der Waals surface area contributed by atoms with Gasteiger partial charge in [-0.3, -0.25) is 14.6 Å². The lowest BCUT2D eigenvalue weighted by Crippen LogP contribution is -2.46. The lowest BCUT2D eigenvalue weighted by atomic mass is 10.00. The van der Waals surface area contributed by atoms with Crippen molar-refractivity contribution in [1.29, 1.82) is 0 Å². The van der Waals surface area contributed by atoms with Crippen molar-refractivity contribution in [1.82, 2.24) is 15.2 Å². The van der Waals surface area contributed by atoms with E-state index >= 15 is 0 Å². The van der Waals surface area contributed by atoms with Crippen molar-refractivity contribution < 1.29 is 49.8 Å². The van der Waals surface area contributed by atoms with Gasteiger partial charge in [-0.25, -0.2) is 13.8 Å². The van der Waals surface area contributed by atoms with E-state index in [1.165, 1.54) is 20.8 Å². The maximum atomic E-state index is 14.1. The quantitative estimate of drug-likeness (QED) is 0.166. The van der Waals surface area contributed by atoms with Gasteiger partial charge in [-0.1, -0.05) is 12.2 Å². The number of nitrogens with zero attached hydrogens (tertiary/aromatic N) is 3. The molecule has 1 aliphatic rings. The van der Waals surface area contributed by atoms with Gasteiger partial charge in [-0.2, -0.15) is 26.3 Å². The lowest BCUT2D eigenvalue weighted by Gasteiger charge is -2.26. The van der Waals surface area contributed by atoms with Gasteiger partial charge >= 0.3 is 12.4 Å². The first-order valence-corrected chi connectivity index (χ1v) is 12.5. The fraction of sp³-hybridized carbons (Fsp3) is 0.625. The number of aliphatic hydroxyl groups is 1. The van der Waals surface area contributed by atoms with Gasteiger partial charge in [0.1, 0.15) is 11.9 Å². The van der Waals surface area contributed by atoms with Crippen LogP contribution in [0.1, 0.15) is 52.2 Å². The molecular weight excluding hydrogens is 590 g/mol. The first kappa shape index (κ1) is 34.3. The number of aromatic nitrogens is 1. The minimum atomic E-state index is -5.20. The summed E-state index contributed by atoms with van der Waals surface area (Å²) in [7, 11) is 0. The number of hydrogen-bond acceptors (Lipinski definition) is 7. The summed E-state index contributed by atoms with van der Waals surface area (Å²) in [4.78, 5) is 33.2. The molecule has 1 unspecified atom stereocenters. The molecule has 230 valence electrons. The molecule has 3 atom stereocenters. The van der Waals surface area contributed by atoms with E-state index in [2.05, 4.69) is 15.3 Å². The van der Waals surface area contributed by atoms with Crippen LogP contribution in [0.15, 0.2) is 17.3 Å². The zero-order valence-electron chi connectivity index (χ0n) is 22.5. The number of nitrogens with one attached hydrogen (secondary N) is 2. The number of alkyl halides is 8. The Bertz CT molecular complexity index is 1200. The van der Waals surface area contributed by atoms with E-state index in [0.717, 1.165) is 6.92 Å². The monoisotopic (exact) mass is 619 g/mol. The Kier molecular flexibility index (Phi) is 10.1. The molecule has 2 rings (SSSR count). The highest BCUT2D eigenvalue weighted by atomic mass is 32.1. The Morgan fingerprint density at radius 2 is 1.83 bits per heavy atom. The smallest absolute Gasteiger partial charge is 0.389 e. The van der Waals surface area contributed by atoms with Crippen molar-refractivity contribution in [2.45, 2.75) is 83.0 Å². The number of hydrogen-bond donors (Lipinski definition) is 3. The third-order valence-corrected chi connectivity index (χ3v) is 6.40. The molecule has 0 saturated carbocycles. The number of pyridine rings is 1. The van der Waals surface area contributed by atoms with E-state index in [1.807, 2.05) is 0 Å². The number of likely N-dealkylation sites (tertiary alicyclic amines) is 1. The average Bonchev–Trinajstić information content (AvgIpc) is 3.10. The van der Waals surface area contributed by atoms with Crippen molar-refractivity contribution in [3.05, 3.63) is 23.4 Å². The predicted molar refractivity (Wildman–Crippen MR) is 137 cm³/mol. The second-order valence-corrected chi connectivity index (χ2v) is 10.8. The highest BCUT2D eigenvalue weighted by Crippen LogP contribution is 2.36. The topological polar surface area (TPSA) is 107 Å². The molecule has 8 nitrogen and oxygen atoms in total. The largest absolute Gasteiger partial charge is 0.417 e. The second-order valence-electron chi connectivity index (χ2n) is 10.4. The van der Waals surface area contributed by atoms with Crippen LogP contribution in [0.4, 0.5) is 40.9 Å². The fourth-order valence-corrected chi connectivity index (χ4v) is 4.10. The Morgan fingerprint density at radius 3 is 2.29 bits per heavy atom. The van der Waals surface area contributed by atoms with E-state index in [0.29, 0.717) is 18.0 Å². The van der Waals surface area contributed by atoms with Crippen molar-refractivity contribution in [2.24, 2.45) is 4.99 Å². The number of amides is 2. The fourth-order valence-electron chi connectivity index (χ4n) is 3.78. The molecule has 1 aromatic heterocycles. The zero-order chi connectivity index (χ0) is 31.7. The number of thiocarbonyl (C=S) groups is 1. The predicted octanol–water partition coefficient (Wildman–Crippen LogP) is 4.15. The minimum absolute atomic E-state index is 0.269. The van der Waals surface area contributed by atoms with Gasteiger partial charge in [0, 0.05) is 30.8 Å². The standard InChI is InChI=1S/C24H29F8N5O3S/c1-11-7-22(25,26)10-37(11)20(39)17(35-12(2)19(38)34-9-21(4,5)40)18(41)14-8-33-16(6-15(14)24(30,31)32)36-13(3)23(27,28)29/h6,8,11,13,17,40H,7,9-10H2,1-5H3,(H,33,36)(H,34,38)/b35-12+/t11-,13-,17?/m0/s1. The molecule has 1 saturated heterocycles. The van der Waals surface area contributed by atoms with Gasteiger partial charge in [0.2, 0.25) is 0 Å². The Hall–Kier alpha value is -2.95. The molecule has 2 heterocycles. The molecule has 0 spiro atoms. The van der Waals surface area contributed by atoms with Gasteiger partial charge < -0.3 is 20.6 Å². The highest BCUT2D eigenvalue weighted by molar-refractivity contribution is 7.81. The van der Waals surface area contributed by atoms with Gasteiger partial charge in [-0.15, -0.1) is 0 Å². The van der Waals surface area contributed by atoms with Crippen LogP contribution in [0.2, 0.25) is 0 Å². The summed E-state index contributed by atoms with van der Waals surface area (Å²) in [5.74, 6) is -6.24. The summed E-state index contributed by atoms with van der Waals surface area (Å²) >= 11 is 5.17. The van der Waals surface area contributed by atoms with Crippen LogP contribution in [0.25, 0.3) is 0 Å². The number of aliphatic imine (C=N–C) groups is 1. The SMILES string of the molecule is C/C(=N\C(C(=O)N1CC(F)(F)C[C@@H]1C)C(=S)c1cnc(N[C@@H](C)C(F)(F)F)cc1C(F)(F)F)C(=O)NCC(C)(C)O. The van der Waals surface area contributed by atoms with Crippen molar-refractivity contribution in [3.63, 3.8) is 0 Å². The Labute approximate surface area is 235 Å². The zero-order valence-corrected chi connectivity index (χ0v) is 23.4. The van der Waals surface area contributed by atoms with Crippen molar-refractivity contribution in [2.75, 3.05) is 18.4 Å². The van der Waals surface area contributed by atoms with Gasteiger partial charge in [0.05, 0.1) is 28.3 Å². The molecular formula is C24H29F8N5O3S. The molecule has 3 N–H and O–H groups in total. The van der Waals surface area contributed by atoms with Crippen LogP contribution in [-0.4, -0.2) is 86.3 Å². The lowest BCUT2D eigenvalue weighted by molar-refractivity contribution is -0.138. The van der Waals surface area contributed by atoms with Gasteiger partial charge in [0.25, 0.3) is 17.7 Å². The molecule has 0 aliphatic carbocycles. The number of carbonyl (C=O) groups excluding carboxylic acids is 2. The summed E-state index contributed by atoms with van der Waals surface area (Å²) in [5, 5.41) is 13.9. The third-order valence-electron chi connectivity index (χ3n) is 5.96. The van der Waals surface area contributed by atoms with Crippen LogP contribution in [0.5, 0.6) is 0 Å². The number of carbonyl (C=O) groups is 2. The average molecular weight is 620 g/mol. The van der Waals surface area contributed by atoms with Crippen molar-refractivity contribution in [3.8, 4) is 0 Å². The summed E-state index contributed by atoms with van der Waals surface area (Å²) in [6, 6.07) is -5.14. The third kappa shape index (κ3) is 9.28. The van der Waals surface area contributed by atoms with E-state index in [4.69, 9.17) is 12.2 Å². The number of halogens is 8. The number of rotatable bonds is 9. The molecule has 2 amide bonds. The Balaban J connectivity index is 2.59. The maximum Gasteiger partial charge on any atom is 0.417 e. The molecule has 41 heavy (non-hydrogen) atoms. The molecule has 1 aromatic rings. The number of anilines is 1. The first-order chi connectivity index (χ1) is 18.4. The highest BCUT2D eigenvalue weighted by Gasteiger charge is 2.48. The van der Waals surface area contributed by atoms with E-state index < -0.39 is 94.3 Å². The molecule has 17 heteroatoms. The summed E-state index contributed by atoms with van der Waals surface area (Å²) in [6.07, 6.45) is -10.2. The van der Waals surface area contributed by atoms with Crippen LogP contribution >= 0.6 is 12.2 Å². The Morgan fingerprint density at radius 1 is 1.24 bits per heavy atom. The summed E-state index contributed by atoms with van der Waals surface area (Å²) in [5.41, 5.74) is -4.30. The summed E-state index contributed by atoms with van der Waals surface area (Å²) in [6.45, 7) is 4.44. The van der Waals surface area contributed by atoms with Crippen LogP contribution < -0.4 is 10.6 Å². The molecule has 0 radical (unpaired) electrons. The van der Waals surface area contributed by atoms with Crippen LogP contribution in [0.3, 0.4) is 0 Å². The second kappa shape index (κ2) is 12.1. The van der Waals surface area contributed by atoms with Gasteiger partial charge in [0.15, 0.2) is 6.04 Å². The maximum absolute atomic E-state index is 14.1. The molecule has 0 aromatic carbocycles. The molecule has 1 fully saturated rings. The van der Waals surface area contributed by atoms with E-state index in [1.54, 1.807) is 5.32 Å². The minimum Gasteiger partial charge on any atom is -0.389 e. The van der Waals surface area contributed by atoms with Crippen molar-refractivity contribution >= 4 is 40.4 Å². The van der Waals surface area contributed by atoms with Crippen LogP contribution in [0, 0.1) is 0 Å². The molecule has 1 aliphatic heterocycles. The van der Waals surface area contributed by atoms with E-state index in [-0.39, 0.29) is 12.6 Å².